The highest BCUT2D eigenvalue weighted by atomic mass is 16.5. The van der Waals surface area contributed by atoms with E-state index >= 15 is 0 Å². The number of benzene rings is 2. The Kier molecular flexibility index (Phi) is 5.73. The molecule has 1 aromatic heterocycles. The third-order valence-electron chi connectivity index (χ3n) is 6.10. The van der Waals surface area contributed by atoms with Crippen LogP contribution in [0, 0.1) is 5.92 Å². The largest absolute Gasteiger partial charge is 0.444 e. The Morgan fingerprint density at radius 3 is 2.59 bits per heavy atom. The van der Waals surface area contributed by atoms with Crippen molar-refractivity contribution in [1.29, 1.82) is 0 Å². The zero-order chi connectivity index (χ0) is 21.9. The molecule has 0 radical (unpaired) electrons. The lowest BCUT2D eigenvalue weighted by atomic mass is 9.90. The number of oxazole rings is 1. The molecule has 7 nitrogen and oxygen atoms in total. The number of nitrogens with one attached hydrogen (secondary N) is 1. The second-order valence-electron chi connectivity index (χ2n) is 8.35. The third kappa shape index (κ3) is 4.43. The molecule has 2 aromatic carbocycles. The molecule has 32 heavy (non-hydrogen) atoms. The first-order valence-electron chi connectivity index (χ1n) is 10.9. The van der Waals surface area contributed by atoms with E-state index in [4.69, 9.17) is 9.15 Å². The van der Waals surface area contributed by atoms with E-state index in [2.05, 4.69) is 10.3 Å². The van der Waals surface area contributed by atoms with Gasteiger partial charge in [0.1, 0.15) is 6.26 Å². The molecule has 0 aliphatic carbocycles. The quantitative estimate of drug-likeness (QED) is 0.649. The number of aromatic nitrogens is 1. The Bertz CT molecular complexity index is 1090. The van der Waals surface area contributed by atoms with Crippen molar-refractivity contribution in [1.82, 2.24) is 15.2 Å². The topological polar surface area (TPSA) is 84.7 Å². The van der Waals surface area contributed by atoms with Crippen molar-refractivity contribution in [2.24, 2.45) is 5.92 Å². The number of rotatable bonds is 6. The molecule has 7 heteroatoms. The van der Waals surface area contributed by atoms with Crippen LogP contribution in [-0.4, -0.2) is 47.5 Å². The Morgan fingerprint density at radius 1 is 1.06 bits per heavy atom. The van der Waals surface area contributed by atoms with Crippen LogP contribution < -0.4 is 5.32 Å². The van der Waals surface area contributed by atoms with Gasteiger partial charge in [-0.3, -0.25) is 9.59 Å². The van der Waals surface area contributed by atoms with Gasteiger partial charge in [-0.15, -0.1) is 0 Å². The fourth-order valence-corrected chi connectivity index (χ4v) is 4.18. The number of fused-ring (bicyclic) bond motifs is 1. The van der Waals surface area contributed by atoms with Crippen LogP contribution in [0.5, 0.6) is 0 Å². The number of amides is 2. The minimum atomic E-state index is -0.0944. The molecule has 3 aromatic rings. The van der Waals surface area contributed by atoms with Crippen molar-refractivity contribution in [3.05, 3.63) is 77.7 Å². The molecule has 0 spiro atoms. The normalized spacial score (nSPS) is 19.7. The van der Waals surface area contributed by atoms with Gasteiger partial charge in [0.15, 0.2) is 5.69 Å². The Labute approximate surface area is 186 Å². The lowest BCUT2D eigenvalue weighted by Gasteiger charge is -2.44. The van der Waals surface area contributed by atoms with Gasteiger partial charge >= 0.3 is 0 Å². The van der Waals surface area contributed by atoms with E-state index in [9.17, 15) is 9.59 Å². The van der Waals surface area contributed by atoms with Crippen LogP contribution >= 0.6 is 0 Å². The summed E-state index contributed by atoms with van der Waals surface area (Å²) in [7, 11) is 0. The number of nitrogens with zero attached hydrogens (tertiary/aromatic N) is 2. The summed E-state index contributed by atoms with van der Waals surface area (Å²) < 4.78 is 11.1. The summed E-state index contributed by atoms with van der Waals surface area (Å²) in [4.78, 5) is 31.2. The van der Waals surface area contributed by atoms with Crippen LogP contribution in [0.3, 0.4) is 0 Å². The molecular weight excluding hydrogens is 406 g/mol. The summed E-state index contributed by atoms with van der Waals surface area (Å²) in [6.45, 7) is 2.59. The van der Waals surface area contributed by atoms with E-state index in [1.807, 2.05) is 59.5 Å². The average Bonchev–Trinajstić information content (AvgIpc) is 3.29. The summed E-state index contributed by atoms with van der Waals surface area (Å²) in [6, 6.07) is 17.3. The Morgan fingerprint density at radius 2 is 1.88 bits per heavy atom. The van der Waals surface area contributed by atoms with Gasteiger partial charge in [0.05, 0.1) is 19.1 Å². The molecule has 1 N–H and O–H groups in total. The standard InChI is InChI=1S/C25H25N3O4/c29-23(12-17-4-2-1-3-5-17)26-13-18-6-8-19(9-7-18)24-27-21(16-32-24)25(30)28-11-10-22-20(14-28)15-31-22/h1-9,16,20,22H,10-15H2,(H,26,29). The summed E-state index contributed by atoms with van der Waals surface area (Å²) in [5, 5.41) is 2.94. The molecule has 3 heterocycles. The van der Waals surface area contributed by atoms with Crippen molar-refractivity contribution in [3.8, 4) is 11.5 Å². The SMILES string of the molecule is O=C(Cc1ccccc1)NCc1ccc(-c2nc(C(=O)N3CCC4OCC4C3)co2)cc1. The van der Waals surface area contributed by atoms with E-state index < -0.39 is 0 Å². The molecule has 2 amide bonds. The van der Waals surface area contributed by atoms with E-state index in [0.717, 1.165) is 36.3 Å². The molecular formula is C25H25N3O4. The average molecular weight is 431 g/mol. The van der Waals surface area contributed by atoms with Gasteiger partial charge < -0.3 is 19.4 Å². The van der Waals surface area contributed by atoms with Crippen molar-refractivity contribution >= 4 is 11.8 Å². The summed E-state index contributed by atoms with van der Waals surface area (Å²) >= 11 is 0. The monoisotopic (exact) mass is 431 g/mol. The second kappa shape index (κ2) is 8.96. The molecule has 5 rings (SSSR count). The van der Waals surface area contributed by atoms with Crippen molar-refractivity contribution in [2.45, 2.75) is 25.5 Å². The van der Waals surface area contributed by atoms with Crippen LogP contribution in [0.4, 0.5) is 0 Å². The zero-order valence-electron chi connectivity index (χ0n) is 17.7. The predicted molar refractivity (Wildman–Crippen MR) is 118 cm³/mol. The van der Waals surface area contributed by atoms with E-state index in [0.29, 0.717) is 43.1 Å². The first kappa shape index (κ1) is 20.5. The van der Waals surface area contributed by atoms with Crippen molar-refractivity contribution in [3.63, 3.8) is 0 Å². The van der Waals surface area contributed by atoms with Gasteiger partial charge in [-0.25, -0.2) is 4.98 Å². The highest BCUT2D eigenvalue weighted by Crippen LogP contribution is 2.29. The van der Waals surface area contributed by atoms with Gasteiger partial charge in [-0.05, 0) is 29.7 Å². The number of carbonyl (C=O) groups excluding carboxylic acids is 2. The van der Waals surface area contributed by atoms with Gasteiger partial charge in [0.2, 0.25) is 11.8 Å². The van der Waals surface area contributed by atoms with E-state index in [1.54, 1.807) is 0 Å². The number of ether oxygens (including phenoxy) is 1. The summed E-state index contributed by atoms with van der Waals surface area (Å²) in [5.41, 5.74) is 3.08. The smallest absolute Gasteiger partial charge is 0.275 e. The second-order valence-corrected chi connectivity index (χ2v) is 8.35. The maximum atomic E-state index is 12.8. The molecule has 2 saturated heterocycles. The molecule has 2 aliphatic heterocycles. The molecule has 2 aliphatic rings. The van der Waals surface area contributed by atoms with E-state index in [1.165, 1.54) is 6.26 Å². The Hall–Kier alpha value is -3.45. The van der Waals surface area contributed by atoms with Crippen LogP contribution in [0.2, 0.25) is 0 Å². The summed E-state index contributed by atoms with van der Waals surface area (Å²) in [5.74, 6) is 0.742. The van der Waals surface area contributed by atoms with Crippen LogP contribution in [0.1, 0.15) is 28.0 Å². The fourth-order valence-electron chi connectivity index (χ4n) is 4.18. The number of carbonyl (C=O) groups is 2. The molecule has 0 bridgehead atoms. The zero-order valence-corrected chi connectivity index (χ0v) is 17.7. The van der Waals surface area contributed by atoms with Crippen molar-refractivity contribution in [2.75, 3.05) is 19.7 Å². The van der Waals surface area contributed by atoms with Gasteiger partial charge in [-0.2, -0.15) is 0 Å². The molecule has 2 atom stereocenters. The number of hydrogen-bond donors (Lipinski definition) is 1. The first-order valence-corrected chi connectivity index (χ1v) is 10.9. The van der Waals surface area contributed by atoms with E-state index in [-0.39, 0.29) is 11.8 Å². The van der Waals surface area contributed by atoms with Gasteiger partial charge in [0, 0.05) is 31.1 Å². The molecule has 2 unspecified atom stereocenters. The molecule has 164 valence electrons. The number of likely N-dealkylation sites (tertiary alicyclic amines) is 1. The highest BCUT2D eigenvalue weighted by molar-refractivity contribution is 5.92. The lowest BCUT2D eigenvalue weighted by molar-refractivity contribution is -0.142. The minimum absolute atomic E-state index is 0.0198. The van der Waals surface area contributed by atoms with Gasteiger partial charge in [-0.1, -0.05) is 42.5 Å². The minimum Gasteiger partial charge on any atom is -0.444 e. The maximum absolute atomic E-state index is 12.8. The van der Waals surface area contributed by atoms with Gasteiger partial charge in [0.25, 0.3) is 5.91 Å². The predicted octanol–water partition coefficient (Wildman–Crippen LogP) is 3.06. The lowest BCUT2D eigenvalue weighted by Crippen LogP contribution is -2.54. The fraction of sp³-hybridized carbons (Fsp3) is 0.320. The van der Waals surface area contributed by atoms with Crippen LogP contribution in [-0.2, 0) is 22.5 Å². The van der Waals surface area contributed by atoms with Crippen molar-refractivity contribution < 1.29 is 18.7 Å². The Balaban J connectivity index is 1.16. The third-order valence-corrected chi connectivity index (χ3v) is 6.10. The highest BCUT2D eigenvalue weighted by Gasteiger charge is 2.39. The van der Waals surface area contributed by atoms with Crippen LogP contribution in [0.25, 0.3) is 11.5 Å². The number of hydrogen-bond acceptors (Lipinski definition) is 5. The van der Waals surface area contributed by atoms with Crippen LogP contribution in [0.15, 0.2) is 65.3 Å². The first-order chi connectivity index (χ1) is 15.7. The molecule has 2 fully saturated rings. The number of piperidine rings is 1. The summed E-state index contributed by atoms with van der Waals surface area (Å²) in [6.07, 6.45) is 2.98. The molecule has 0 saturated carbocycles. The maximum Gasteiger partial charge on any atom is 0.275 e.